The molecular formula is C33H51N. The van der Waals surface area contributed by atoms with E-state index in [1.807, 2.05) is 6.08 Å². The van der Waals surface area contributed by atoms with Gasteiger partial charge in [0.05, 0.1) is 0 Å². The molecule has 0 radical (unpaired) electrons. The Labute approximate surface area is 212 Å². The van der Waals surface area contributed by atoms with Crippen LogP contribution < -0.4 is 0 Å². The monoisotopic (exact) mass is 461 g/mol. The Bertz CT molecular complexity index is 825. The number of rotatable bonds is 12. The van der Waals surface area contributed by atoms with Gasteiger partial charge in [0, 0.05) is 18.3 Å². The van der Waals surface area contributed by atoms with E-state index in [9.17, 15) is 0 Å². The summed E-state index contributed by atoms with van der Waals surface area (Å²) in [4.78, 5) is 2.33. The lowest BCUT2D eigenvalue weighted by atomic mass is 9.89. The summed E-state index contributed by atoms with van der Waals surface area (Å²) in [6, 6.07) is 0.510. The highest BCUT2D eigenvalue weighted by molar-refractivity contribution is 5.51. The van der Waals surface area contributed by atoms with Crippen LogP contribution in [0.15, 0.2) is 95.8 Å². The lowest BCUT2D eigenvalue weighted by Gasteiger charge is -2.29. The van der Waals surface area contributed by atoms with E-state index in [1.54, 1.807) is 0 Å². The summed E-state index contributed by atoms with van der Waals surface area (Å²) in [5.74, 6) is 0.695. The Morgan fingerprint density at radius 3 is 2.12 bits per heavy atom. The van der Waals surface area contributed by atoms with Crippen molar-refractivity contribution in [3.8, 4) is 0 Å². The fourth-order valence-electron chi connectivity index (χ4n) is 4.24. The molecule has 0 aromatic rings. The average Bonchev–Trinajstić information content (AvgIpc) is 2.83. The van der Waals surface area contributed by atoms with E-state index >= 15 is 0 Å². The molecule has 0 N–H and O–H groups in total. The molecule has 0 saturated carbocycles. The highest BCUT2D eigenvalue weighted by Crippen LogP contribution is 2.28. The lowest BCUT2D eigenvalue weighted by Crippen LogP contribution is -2.30. The Balaban J connectivity index is 0.000000340. The second kappa shape index (κ2) is 16.4. The molecule has 1 atom stereocenters. The van der Waals surface area contributed by atoms with Crippen molar-refractivity contribution in [1.82, 2.24) is 4.90 Å². The van der Waals surface area contributed by atoms with Gasteiger partial charge in [0.15, 0.2) is 0 Å². The molecule has 0 fully saturated rings. The number of hydrogen-bond donors (Lipinski definition) is 0. The van der Waals surface area contributed by atoms with E-state index in [0.29, 0.717) is 12.0 Å². The first-order valence-corrected chi connectivity index (χ1v) is 13.3. The van der Waals surface area contributed by atoms with Crippen LogP contribution in [0.3, 0.4) is 0 Å². The van der Waals surface area contributed by atoms with Crippen molar-refractivity contribution >= 4 is 0 Å². The van der Waals surface area contributed by atoms with Gasteiger partial charge in [-0.3, -0.25) is 0 Å². The van der Waals surface area contributed by atoms with Crippen LogP contribution in [0.4, 0.5) is 0 Å². The van der Waals surface area contributed by atoms with Crippen LogP contribution in [0.1, 0.15) is 92.9 Å². The molecule has 0 heterocycles. The van der Waals surface area contributed by atoms with E-state index in [0.717, 1.165) is 12.2 Å². The standard InChI is InChI=1S/C17H22.C16H29N/c1-13-9-11-17(12-10-13)15(3)14(2)16-7-5-4-6-8-16;1-7-16(6)17(15(4)5)13-11-9-8-10-12-14(2)3/h5,7-9,11-13H,4,6,10H2,1-3H3;7,15H,1-2,6,8-13H2,3-5H3/b15-14-;. The predicted octanol–water partition coefficient (Wildman–Crippen LogP) is 10.0. The molecular weight excluding hydrogens is 410 g/mol. The maximum absolute atomic E-state index is 4.03. The fourth-order valence-corrected chi connectivity index (χ4v) is 4.24. The molecule has 1 heteroatoms. The summed E-state index contributed by atoms with van der Waals surface area (Å²) in [5, 5.41) is 0. The lowest BCUT2D eigenvalue weighted by molar-refractivity contribution is 0.286. The molecule has 2 aliphatic carbocycles. The van der Waals surface area contributed by atoms with Crippen molar-refractivity contribution < 1.29 is 0 Å². The van der Waals surface area contributed by atoms with Crippen molar-refractivity contribution in [1.29, 1.82) is 0 Å². The van der Waals surface area contributed by atoms with Gasteiger partial charge >= 0.3 is 0 Å². The van der Waals surface area contributed by atoms with Crippen LogP contribution in [-0.2, 0) is 0 Å². The van der Waals surface area contributed by atoms with Gasteiger partial charge in [0.25, 0.3) is 0 Å². The van der Waals surface area contributed by atoms with Crippen molar-refractivity contribution in [3.63, 3.8) is 0 Å². The third kappa shape index (κ3) is 11.2. The summed E-state index contributed by atoms with van der Waals surface area (Å²) in [7, 11) is 0. The maximum atomic E-state index is 4.03. The van der Waals surface area contributed by atoms with Crippen LogP contribution in [0, 0.1) is 5.92 Å². The summed E-state index contributed by atoms with van der Waals surface area (Å²) >= 11 is 0. The van der Waals surface area contributed by atoms with Crippen LogP contribution >= 0.6 is 0 Å². The van der Waals surface area contributed by atoms with E-state index in [-0.39, 0.29) is 0 Å². The molecule has 0 saturated heterocycles. The van der Waals surface area contributed by atoms with Gasteiger partial charge in [0.2, 0.25) is 0 Å². The molecule has 34 heavy (non-hydrogen) atoms. The summed E-state index contributed by atoms with van der Waals surface area (Å²) in [5.41, 5.74) is 8.00. The molecule has 0 amide bonds. The molecule has 0 bridgehead atoms. The molecule has 1 nitrogen and oxygen atoms in total. The van der Waals surface area contributed by atoms with Crippen LogP contribution in [0.2, 0.25) is 0 Å². The quantitative estimate of drug-likeness (QED) is 0.159. The first-order valence-electron chi connectivity index (χ1n) is 13.3. The van der Waals surface area contributed by atoms with Gasteiger partial charge < -0.3 is 4.90 Å². The highest BCUT2D eigenvalue weighted by atomic mass is 15.1. The zero-order valence-electron chi connectivity index (χ0n) is 23.1. The van der Waals surface area contributed by atoms with Gasteiger partial charge in [-0.25, -0.2) is 0 Å². The minimum absolute atomic E-state index is 0.510. The normalized spacial score (nSPS) is 17.8. The molecule has 0 aromatic carbocycles. The molecule has 0 aromatic heterocycles. The predicted molar refractivity (Wildman–Crippen MR) is 155 cm³/mol. The van der Waals surface area contributed by atoms with E-state index < -0.39 is 0 Å². The van der Waals surface area contributed by atoms with Crippen LogP contribution in [-0.4, -0.2) is 17.5 Å². The zero-order valence-corrected chi connectivity index (χ0v) is 23.1. The SMILES string of the molecule is C/C(C1=CCCC=C1)=C(\C)C1=CCC(C)C=C1.C=CC(=C)N(CCCCCCC(=C)C)C(C)C. The van der Waals surface area contributed by atoms with Crippen molar-refractivity contribution in [2.45, 2.75) is 99.0 Å². The third-order valence-electron chi connectivity index (χ3n) is 6.72. The molecule has 1 unspecified atom stereocenters. The Morgan fingerprint density at radius 1 is 0.971 bits per heavy atom. The summed E-state index contributed by atoms with van der Waals surface area (Å²) < 4.78 is 0. The maximum Gasteiger partial charge on any atom is 0.0289 e. The molecule has 188 valence electrons. The largest absolute Gasteiger partial charge is 0.370 e. The van der Waals surface area contributed by atoms with E-state index in [1.165, 1.54) is 79.2 Å². The van der Waals surface area contributed by atoms with Crippen molar-refractivity contribution in [2.24, 2.45) is 5.92 Å². The van der Waals surface area contributed by atoms with E-state index in [2.05, 4.69) is 103 Å². The topological polar surface area (TPSA) is 3.24 Å². The number of hydrogen-bond acceptors (Lipinski definition) is 1. The zero-order chi connectivity index (χ0) is 25.5. The Kier molecular flexibility index (Phi) is 14.3. The van der Waals surface area contributed by atoms with Crippen molar-refractivity contribution in [2.75, 3.05) is 6.54 Å². The second-order valence-corrected chi connectivity index (χ2v) is 10.2. The molecule has 0 spiro atoms. The van der Waals surface area contributed by atoms with Gasteiger partial charge in [-0.15, -0.1) is 6.58 Å². The average molecular weight is 462 g/mol. The number of allylic oxidation sites excluding steroid dienone is 12. The van der Waals surface area contributed by atoms with Crippen molar-refractivity contribution in [3.05, 3.63) is 95.8 Å². The van der Waals surface area contributed by atoms with Gasteiger partial charge in [-0.1, -0.05) is 75.0 Å². The number of unbranched alkanes of at least 4 members (excludes halogenated alkanes) is 3. The van der Waals surface area contributed by atoms with Crippen LogP contribution in [0.25, 0.3) is 0 Å². The highest BCUT2D eigenvalue weighted by Gasteiger charge is 2.10. The van der Waals surface area contributed by atoms with E-state index in [4.69, 9.17) is 0 Å². The first-order chi connectivity index (χ1) is 16.2. The first kappa shape index (κ1) is 29.8. The Hall–Kier alpha value is -2.28. The smallest absolute Gasteiger partial charge is 0.0289 e. The molecule has 0 aliphatic heterocycles. The van der Waals surface area contributed by atoms with Gasteiger partial charge in [-0.2, -0.15) is 0 Å². The summed E-state index contributed by atoms with van der Waals surface area (Å²) in [6.07, 6.45) is 25.5. The molecule has 2 rings (SSSR count). The second-order valence-electron chi connectivity index (χ2n) is 10.2. The summed E-state index contributed by atoms with van der Waals surface area (Å²) in [6.45, 7) is 26.1. The Morgan fingerprint density at radius 2 is 1.62 bits per heavy atom. The molecule has 2 aliphatic rings. The van der Waals surface area contributed by atoms with Gasteiger partial charge in [0.1, 0.15) is 0 Å². The van der Waals surface area contributed by atoms with Crippen LogP contribution in [0.5, 0.6) is 0 Å². The van der Waals surface area contributed by atoms with Gasteiger partial charge in [-0.05, 0) is 107 Å². The minimum atomic E-state index is 0.510. The number of nitrogens with zero attached hydrogens (tertiary/aromatic N) is 1. The minimum Gasteiger partial charge on any atom is -0.370 e. The fraction of sp³-hybridized carbons (Fsp3) is 0.515. The third-order valence-corrected chi connectivity index (χ3v) is 6.72.